The first-order valence-corrected chi connectivity index (χ1v) is 6.53. The first-order valence-electron chi connectivity index (χ1n) is 5.78. The number of hydrogen-bond acceptors (Lipinski definition) is 2. The number of nitrogens with one attached hydrogen (secondary N) is 1. The maximum atomic E-state index is 12.9. The maximum Gasteiger partial charge on any atom is 0.123 e. The molecule has 1 atom stereocenters. The SMILES string of the molecule is NCC(Nc1ccc(F)cc1)c1cccc(Cl)c1Cl. The van der Waals surface area contributed by atoms with Gasteiger partial charge in [0, 0.05) is 12.2 Å². The standard InChI is InChI=1S/C14H13Cl2FN2/c15-12-3-1-2-11(14(12)16)13(8-18)19-10-6-4-9(17)5-7-10/h1-7,13,19H,8,18H2. The molecule has 0 heterocycles. The van der Waals surface area contributed by atoms with Gasteiger partial charge in [-0.15, -0.1) is 0 Å². The molecule has 0 fully saturated rings. The highest BCUT2D eigenvalue weighted by molar-refractivity contribution is 6.42. The molecule has 2 rings (SSSR count). The average Bonchev–Trinajstić information content (AvgIpc) is 2.42. The van der Waals surface area contributed by atoms with E-state index in [2.05, 4.69) is 5.32 Å². The maximum absolute atomic E-state index is 12.9. The van der Waals surface area contributed by atoms with E-state index in [0.29, 0.717) is 16.6 Å². The van der Waals surface area contributed by atoms with Crippen LogP contribution in [0.1, 0.15) is 11.6 Å². The molecule has 0 saturated carbocycles. The van der Waals surface area contributed by atoms with Crippen LogP contribution in [0.4, 0.5) is 10.1 Å². The highest BCUT2D eigenvalue weighted by Gasteiger charge is 2.14. The molecule has 0 aliphatic rings. The lowest BCUT2D eigenvalue weighted by Gasteiger charge is -2.20. The first kappa shape index (κ1) is 14.1. The van der Waals surface area contributed by atoms with Crippen molar-refractivity contribution in [3.63, 3.8) is 0 Å². The van der Waals surface area contributed by atoms with E-state index in [1.165, 1.54) is 12.1 Å². The van der Waals surface area contributed by atoms with Crippen LogP contribution in [0, 0.1) is 5.82 Å². The second-order valence-corrected chi connectivity index (χ2v) is 4.87. The first-order chi connectivity index (χ1) is 9.11. The molecule has 5 heteroatoms. The molecule has 1 unspecified atom stereocenters. The van der Waals surface area contributed by atoms with E-state index >= 15 is 0 Å². The molecule has 0 radical (unpaired) electrons. The van der Waals surface area contributed by atoms with Crippen LogP contribution in [0.15, 0.2) is 42.5 Å². The summed E-state index contributed by atoms with van der Waals surface area (Å²) in [5, 5.41) is 4.17. The van der Waals surface area contributed by atoms with E-state index in [1.807, 2.05) is 12.1 Å². The molecule has 2 nitrogen and oxygen atoms in total. The minimum atomic E-state index is -0.282. The van der Waals surface area contributed by atoms with Crippen LogP contribution < -0.4 is 11.1 Å². The summed E-state index contributed by atoms with van der Waals surface area (Å²) >= 11 is 12.2. The molecule has 0 spiro atoms. The molecule has 2 aromatic carbocycles. The molecule has 0 aromatic heterocycles. The van der Waals surface area contributed by atoms with Crippen molar-refractivity contribution in [1.29, 1.82) is 0 Å². The second kappa shape index (κ2) is 6.24. The van der Waals surface area contributed by atoms with Crippen molar-refractivity contribution in [2.75, 3.05) is 11.9 Å². The van der Waals surface area contributed by atoms with Gasteiger partial charge in [-0.25, -0.2) is 4.39 Å². The van der Waals surface area contributed by atoms with Gasteiger partial charge in [-0.05, 0) is 35.9 Å². The third kappa shape index (κ3) is 3.38. The summed E-state index contributed by atoms with van der Waals surface area (Å²) < 4.78 is 12.9. The van der Waals surface area contributed by atoms with Crippen LogP contribution in [-0.2, 0) is 0 Å². The van der Waals surface area contributed by atoms with E-state index < -0.39 is 0 Å². The van der Waals surface area contributed by atoms with E-state index in [9.17, 15) is 4.39 Å². The van der Waals surface area contributed by atoms with Crippen LogP contribution in [0.3, 0.4) is 0 Å². The zero-order valence-electron chi connectivity index (χ0n) is 10.0. The summed E-state index contributed by atoms with van der Waals surface area (Å²) in [4.78, 5) is 0. The number of halogens is 3. The molecule has 0 aliphatic heterocycles. The summed E-state index contributed by atoms with van der Waals surface area (Å²) in [7, 11) is 0. The molecule has 2 aromatic rings. The van der Waals surface area contributed by atoms with Crippen molar-refractivity contribution in [2.45, 2.75) is 6.04 Å². The second-order valence-electron chi connectivity index (χ2n) is 4.08. The van der Waals surface area contributed by atoms with Crippen LogP contribution in [0.25, 0.3) is 0 Å². The summed E-state index contributed by atoms with van der Waals surface area (Å²) in [5.74, 6) is -0.282. The van der Waals surface area contributed by atoms with Crippen molar-refractivity contribution in [3.8, 4) is 0 Å². The Morgan fingerprint density at radius 1 is 1.11 bits per heavy atom. The molecule has 3 N–H and O–H groups in total. The van der Waals surface area contributed by atoms with Crippen molar-refractivity contribution in [3.05, 3.63) is 63.9 Å². The lowest BCUT2D eigenvalue weighted by atomic mass is 10.1. The third-order valence-electron chi connectivity index (χ3n) is 2.78. The quantitative estimate of drug-likeness (QED) is 0.886. The lowest BCUT2D eigenvalue weighted by molar-refractivity contribution is 0.628. The van der Waals surface area contributed by atoms with Crippen LogP contribution in [-0.4, -0.2) is 6.54 Å². The highest BCUT2D eigenvalue weighted by atomic mass is 35.5. The molecule has 0 saturated heterocycles. The Morgan fingerprint density at radius 2 is 1.79 bits per heavy atom. The van der Waals surface area contributed by atoms with Gasteiger partial charge in [-0.1, -0.05) is 35.3 Å². The van der Waals surface area contributed by atoms with E-state index in [-0.39, 0.29) is 11.9 Å². The van der Waals surface area contributed by atoms with Crippen molar-refractivity contribution in [1.82, 2.24) is 0 Å². The smallest absolute Gasteiger partial charge is 0.123 e. The zero-order valence-corrected chi connectivity index (χ0v) is 11.5. The van der Waals surface area contributed by atoms with Gasteiger partial charge in [-0.3, -0.25) is 0 Å². The zero-order chi connectivity index (χ0) is 13.8. The van der Waals surface area contributed by atoms with Crippen molar-refractivity contribution >= 4 is 28.9 Å². The fourth-order valence-corrected chi connectivity index (χ4v) is 2.24. The predicted molar refractivity (Wildman–Crippen MR) is 78.3 cm³/mol. The molecule has 0 bridgehead atoms. The van der Waals surface area contributed by atoms with Gasteiger partial charge in [0.1, 0.15) is 5.82 Å². The number of hydrogen-bond donors (Lipinski definition) is 2. The normalized spacial score (nSPS) is 12.2. The summed E-state index contributed by atoms with van der Waals surface area (Å²) in [6.07, 6.45) is 0. The highest BCUT2D eigenvalue weighted by Crippen LogP contribution is 2.31. The van der Waals surface area contributed by atoms with Gasteiger partial charge >= 0.3 is 0 Å². The van der Waals surface area contributed by atoms with Gasteiger partial charge in [0.25, 0.3) is 0 Å². The number of benzene rings is 2. The van der Waals surface area contributed by atoms with Gasteiger partial charge in [0.15, 0.2) is 0 Å². The molecular weight excluding hydrogens is 286 g/mol. The average molecular weight is 299 g/mol. The summed E-state index contributed by atoms with van der Waals surface area (Å²) in [5.41, 5.74) is 7.35. The van der Waals surface area contributed by atoms with E-state index in [1.54, 1.807) is 18.2 Å². The van der Waals surface area contributed by atoms with Crippen LogP contribution in [0.5, 0.6) is 0 Å². The van der Waals surface area contributed by atoms with E-state index in [0.717, 1.165) is 11.3 Å². The van der Waals surface area contributed by atoms with Gasteiger partial charge < -0.3 is 11.1 Å². The predicted octanol–water partition coefficient (Wildman–Crippen LogP) is 4.24. The molecule has 19 heavy (non-hydrogen) atoms. The monoisotopic (exact) mass is 298 g/mol. The Morgan fingerprint density at radius 3 is 2.42 bits per heavy atom. The third-order valence-corrected chi connectivity index (χ3v) is 3.61. The fourth-order valence-electron chi connectivity index (χ4n) is 1.80. The summed E-state index contributed by atoms with van der Waals surface area (Å²) in [6.45, 7) is 0.345. The Hall–Kier alpha value is -1.29. The molecule has 0 amide bonds. The molecule has 0 aliphatic carbocycles. The van der Waals surface area contributed by atoms with Gasteiger partial charge in [-0.2, -0.15) is 0 Å². The van der Waals surface area contributed by atoms with Gasteiger partial charge in [0.2, 0.25) is 0 Å². The molecule has 100 valence electrons. The van der Waals surface area contributed by atoms with Crippen molar-refractivity contribution < 1.29 is 4.39 Å². The fraction of sp³-hybridized carbons (Fsp3) is 0.143. The topological polar surface area (TPSA) is 38.0 Å². The largest absolute Gasteiger partial charge is 0.377 e. The minimum absolute atomic E-state index is 0.184. The lowest BCUT2D eigenvalue weighted by Crippen LogP contribution is -2.21. The van der Waals surface area contributed by atoms with Crippen LogP contribution in [0.2, 0.25) is 10.0 Å². The summed E-state index contributed by atoms with van der Waals surface area (Å²) in [6, 6.07) is 11.3. The Labute approximate surface area is 121 Å². The number of nitrogens with two attached hydrogens (primary N) is 1. The number of rotatable bonds is 4. The minimum Gasteiger partial charge on any atom is -0.377 e. The Kier molecular flexibility index (Phi) is 4.64. The van der Waals surface area contributed by atoms with E-state index in [4.69, 9.17) is 28.9 Å². The van der Waals surface area contributed by atoms with Crippen LogP contribution >= 0.6 is 23.2 Å². The van der Waals surface area contributed by atoms with Gasteiger partial charge in [0.05, 0.1) is 16.1 Å². The molecular formula is C14H13Cl2FN2. The number of anilines is 1. The Balaban J connectivity index is 2.25. The Bertz CT molecular complexity index is 558. The van der Waals surface area contributed by atoms with Crippen molar-refractivity contribution in [2.24, 2.45) is 5.73 Å².